The number of aromatic nitrogens is 2. The van der Waals surface area contributed by atoms with Gasteiger partial charge in [-0.15, -0.1) is 0 Å². The van der Waals surface area contributed by atoms with Gasteiger partial charge >= 0.3 is 11.9 Å². The monoisotopic (exact) mass is 402 g/mol. The summed E-state index contributed by atoms with van der Waals surface area (Å²) < 4.78 is 42.2. The van der Waals surface area contributed by atoms with Gasteiger partial charge in [0.05, 0.1) is 5.69 Å². The Morgan fingerprint density at radius 2 is 1.78 bits per heavy atom. The number of alkyl halides is 3. The first kappa shape index (κ1) is 18.7. The molecule has 0 spiro atoms. The summed E-state index contributed by atoms with van der Waals surface area (Å²) in [4.78, 5) is 49.9. The molecule has 1 aromatic heterocycles. The summed E-state index contributed by atoms with van der Waals surface area (Å²) in [7, 11) is 0. The van der Waals surface area contributed by atoms with E-state index in [0.29, 0.717) is 9.59 Å². The van der Waals surface area contributed by atoms with Crippen LogP contribution < -0.4 is 21.9 Å². The van der Waals surface area contributed by atoms with E-state index in [1.807, 2.05) is 5.32 Å². The summed E-state index contributed by atoms with van der Waals surface area (Å²) in [6.07, 6.45) is -5.36. The first-order valence-corrected chi connectivity index (χ1v) is 7.69. The van der Waals surface area contributed by atoms with Crippen LogP contribution in [0.5, 0.6) is 0 Å². The maximum Gasteiger partial charge on any atom is 0.425 e. The summed E-state index contributed by atoms with van der Waals surface area (Å²) in [5.41, 5.74) is -7.27. The molecule has 8 nitrogen and oxygen atoms in total. The maximum absolute atomic E-state index is 13.8. The minimum Gasteiger partial charge on any atom is -0.331 e. The minimum atomic E-state index is -5.36. The zero-order valence-electron chi connectivity index (χ0n) is 13.4. The standard InChI is InChI=1S/C15H10ClF3N4O4/c1-6(24)22-14(15(17,18)19)9-10(20-12(14)26)23(13(27)21-11(9)25)8-4-2-7(16)3-5-8/h2-5H,1H3,(H,20,26)(H,22,24)(H,21,25,27)/t14-/m1/s1. The van der Waals surface area contributed by atoms with Crippen LogP contribution in [0.1, 0.15) is 12.5 Å². The summed E-state index contributed by atoms with van der Waals surface area (Å²) in [6.45, 7) is 0.766. The lowest BCUT2D eigenvalue weighted by Gasteiger charge is -2.29. The minimum absolute atomic E-state index is 0.0398. The van der Waals surface area contributed by atoms with Gasteiger partial charge in [-0.1, -0.05) is 11.6 Å². The van der Waals surface area contributed by atoms with Crippen LogP contribution in [0.15, 0.2) is 33.9 Å². The van der Waals surface area contributed by atoms with E-state index in [1.165, 1.54) is 29.6 Å². The van der Waals surface area contributed by atoms with Crippen molar-refractivity contribution in [1.29, 1.82) is 0 Å². The van der Waals surface area contributed by atoms with Crippen LogP contribution in [-0.2, 0) is 15.1 Å². The lowest BCUT2D eigenvalue weighted by Crippen LogP contribution is -2.61. The topological polar surface area (TPSA) is 113 Å². The highest BCUT2D eigenvalue weighted by atomic mass is 35.5. The van der Waals surface area contributed by atoms with Gasteiger partial charge in [0.2, 0.25) is 11.4 Å². The van der Waals surface area contributed by atoms with E-state index in [0.717, 1.165) is 6.92 Å². The molecule has 0 bridgehead atoms. The fourth-order valence-corrected chi connectivity index (χ4v) is 3.00. The van der Waals surface area contributed by atoms with Gasteiger partial charge in [0, 0.05) is 11.9 Å². The average molecular weight is 403 g/mol. The van der Waals surface area contributed by atoms with Gasteiger partial charge in [-0.2, -0.15) is 13.2 Å². The highest BCUT2D eigenvalue weighted by molar-refractivity contribution is 6.30. The van der Waals surface area contributed by atoms with Gasteiger partial charge < -0.3 is 10.6 Å². The number of hydrogen-bond acceptors (Lipinski definition) is 4. The molecule has 2 aromatic rings. The van der Waals surface area contributed by atoms with Crippen LogP contribution in [0.2, 0.25) is 5.02 Å². The lowest BCUT2D eigenvalue weighted by molar-refractivity contribution is -0.200. The first-order valence-electron chi connectivity index (χ1n) is 7.31. The Hall–Kier alpha value is -3.08. The second-order valence-corrected chi connectivity index (χ2v) is 6.11. The van der Waals surface area contributed by atoms with E-state index < -0.39 is 46.2 Å². The molecule has 1 atom stereocenters. The van der Waals surface area contributed by atoms with Crippen molar-refractivity contribution in [2.75, 3.05) is 5.32 Å². The molecule has 3 rings (SSSR count). The third-order valence-electron chi connectivity index (χ3n) is 3.93. The van der Waals surface area contributed by atoms with Crippen molar-refractivity contribution in [3.05, 3.63) is 55.7 Å². The van der Waals surface area contributed by atoms with E-state index in [9.17, 15) is 32.3 Å². The van der Waals surface area contributed by atoms with Crippen LogP contribution in [0.3, 0.4) is 0 Å². The Kier molecular flexibility index (Phi) is 4.14. The predicted octanol–water partition coefficient (Wildman–Crippen LogP) is 1.02. The SMILES string of the molecule is CC(=O)N[C@@]1(C(F)(F)F)C(=O)Nc2c1c(=O)[nH]c(=O)n2-c1ccc(Cl)cc1. The molecule has 12 heteroatoms. The Balaban J connectivity index is 2.42. The van der Waals surface area contributed by atoms with E-state index in [2.05, 4.69) is 0 Å². The van der Waals surface area contributed by atoms with Crippen molar-refractivity contribution in [3.63, 3.8) is 0 Å². The van der Waals surface area contributed by atoms with Crippen LogP contribution >= 0.6 is 11.6 Å². The summed E-state index contributed by atoms with van der Waals surface area (Å²) >= 11 is 5.76. The zero-order valence-corrected chi connectivity index (χ0v) is 14.2. The molecule has 0 radical (unpaired) electrons. The highest BCUT2D eigenvalue weighted by Gasteiger charge is 2.68. The number of carbonyl (C=O) groups excluding carboxylic acids is 2. The van der Waals surface area contributed by atoms with Crippen LogP contribution in [0.25, 0.3) is 5.69 Å². The Morgan fingerprint density at radius 3 is 2.30 bits per heavy atom. The fourth-order valence-electron chi connectivity index (χ4n) is 2.88. The average Bonchev–Trinajstić information content (AvgIpc) is 2.82. The van der Waals surface area contributed by atoms with Crippen molar-refractivity contribution < 1.29 is 22.8 Å². The third kappa shape index (κ3) is 2.70. The molecule has 0 aliphatic carbocycles. The molecule has 3 N–H and O–H groups in total. The molecule has 0 saturated carbocycles. The zero-order chi connectivity index (χ0) is 20.1. The number of benzene rings is 1. The number of amides is 2. The smallest absolute Gasteiger partial charge is 0.331 e. The maximum atomic E-state index is 13.8. The molecular formula is C15H10ClF3N4O4. The van der Waals surface area contributed by atoms with Gasteiger partial charge in [0.1, 0.15) is 11.4 Å². The Labute approximate surface area is 153 Å². The Morgan fingerprint density at radius 1 is 1.19 bits per heavy atom. The number of fused-ring (bicyclic) bond motifs is 1. The number of nitrogens with zero attached hydrogens (tertiary/aromatic N) is 1. The molecule has 1 aliphatic heterocycles. The van der Waals surface area contributed by atoms with Crippen molar-refractivity contribution >= 4 is 29.2 Å². The third-order valence-corrected chi connectivity index (χ3v) is 4.18. The molecular weight excluding hydrogens is 393 g/mol. The number of carbonyl (C=O) groups is 2. The first-order chi connectivity index (χ1) is 12.5. The van der Waals surface area contributed by atoms with Gasteiger partial charge in [-0.25, -0.2) is 9.36 Å². The van der Waals surface area contributed by atoms with Crippen molar-refractivity contribution in [2.24, 2.45) is 0 Å². The summed E-state index contributed by atoms with van der Waals surface area (Å²) in [5, 5.41) is 3.71. The Bertz CT molecular complexity index is 1070. The quantitative estimate of drug-likeness (QED) is 0.696. The van der Waals surface area contributed by atoms with E-state index in [-0.39, 0.29) is 5.69 Å². The van der Waals surface area contributed by atoms with Crippen molar-refractivity contribution in [3.8, 4) is 5.69 Å². The molecule has 0 fully saturated rings. The molecule has 0 unspecified atom stereocenters. The largest absolute Gasteiger partial charge is 0.425 e. The van der Waals surface area contributed by atoms with Gasteiger partial charge in [0.15, 0.2) is 0 Å². The summed E-state index contributed by atoms with van der Waals surface area (Å²) in [5.74, 6) is -3.60. The van der Waals surface area contributed by atoms with Crippen molar-refractivity contribution in [1.82, 2.24) is 14.9 Å². The van der Waals surface area contributed by atoms with Crippen molar-refractivity contribution in [2.45, 2.75) is 18.6 Å². The predicted molar refractivity (Wildman–Crippen MR) is 87.8 cm³/mol. The molecule has 1 aliphatic rings. The number of hydrogen-bond donors (Lipinski definition) is 3. The molecule has 2 heterocycles. The lowest BCUT2D eigenvalue weighted by atomic mass is 9.92. The van der Waals surface area contributed by atoms with E-state index in [1.54, 1.807) is 4.98 Å². The van der Waals surface area contributed by atoms with Gasteiger partial charge in [-0.3, -0.25) is 19.4 Å². The number of halogens is 4. The van der Waals surface area contributed by atoms with Crippen LogP contribution in [0, 0.1) is 0 Å². The number of aromatic amines is 1. The number of rotatable bonds is 2. The number of nitrogens with one attached hydrogen (secondary N) is 3. The van der Waals surface area contributed by atoms with Crippen LogP contribution in [-0.4, -0.2) is 27.5 Å². The number of anilines is 1. The van der Waals surface area contributed by atoms with Gasteiger partial charge in [-0.05, 0) is 24.3 Å². The molecule has 27 heavy (non-hydrogen) atoms. The molecule has 0 saturated heterocycles. The highest BCUT2D eigenvalue weighted by Crippen LogP contribution is 2.45. The second-order valence-electron chi connectivity index (χ2n) is 5.68. The fraction of sp³-hybridized carbons (Fsp3) is 0.200. The normalized spacial score (nSPS) is 18.8. The van der Waals surface area contributed by atoms with Crippen LogP contribution in [0.4, 0.5) is 19.0 Å². The van der Waals surface area contributed by atoms with Gasteiger partial charge in [0.25, 0.3) is 11.5 Å². The second kappa shape index (κ2) is 5.98. The molecule has 142 valence electrons. The molecule has 1 aromatic carbocycles. The van der Waals surface area contributed by atoms with E-state index in [4.69, 9.17) is 11.6 Å². The molecule has 2 amide bonds. The number of H-pyrrole nitrogens is 1. The van der Waals surface area contributed by atoms with E-state index >= 15 is 0 Å². The summed E-state index contributed by atoms with van der Waals surface area (Å²) in [6, 6.07) is 5.34.